The topological polar surface area (TPSA) is 85.6 Å². The number of rotatable bonds is 7. The van der Waals surface area contributed by atoms with Gasteiger partial charge in [-0.3, -0.25) is 4.79 Å². The molecule has 174 valence electrons. The lowest BCUT2D eigenvalue weighted by Crippen LogP contribution is -2.28. The lowest BCUT2D eigenvalue weighted by atomic mass is 10.1. The highest BCUT2D eigenvalue weighted by Gasteiger charge is 2.23. The molecule has 0 saturated heterocycles. The monoisotopic (exact) mass is 512 g/mol. The van der Waals surface area contributed by atoms with Crippen molar-refractivity contribution < 1.29 is 4.79 Å². The number of thioether (sulfide) groups is 1. The van der Waals surface area contributed by atoms with E-state index in [4.69, 9.17) is 23.2 Å². The molecule has 1 unspecified atom stereocenters. The zero-order chi connectivity index (χ0) is 24.2. The highest BCUT2D eigenvalue weighted by atomic mass is 35.5. The molecular formula is C24H22Cl2N6OS. The first-order valence-corrected chi connectivity index (χ1v) is 12.3. The van der Waals surface area contributed by atoms with Crippen LogP contribution in [0.15, 0.2) is 59.8 Å². The number of aryl methyl sites for hydroxylation is 2. The van der Waals surface area contributed by atoms with Crippen LogP contribution in [0.3, 0.4) is 0 Å². The summed E-state index contributed by atoms with van der Waals surface area (Å²) in [7, 11) is 0. The van der Waals surface area contributed by atoms with Crippen molar-refractivity contribution in [1.82, 2.24) is 30.3 Å². The molecule has 1 N–H and O–H groups in total. The number of halogens is 2. The molecule has 7 nitrogen and oxygen atoms in total. The van der Waals surface area contributed by atoms with Crippen LogP contribution in [0, 0.1) is 13.8 Å². The SMILES string of the molecule is Cc1cc(C)nc(SCc2c(C(=O)NC(C)c3ccccc3)nnn2-c2cc(Cl)cc(Cl)c2)n1. The molecular weight excluding hydrogens is 491 g/mol. The van der Waals surface area contributed by atoms with E-state index in [1.165, 1.54) is 11.8 Å². The number of carbonyl (C=O) groups excluding carboxylic acids is 1. The first kappa shape index (κ1) is 24.2. The molecule has 34 heavy (non-hydrogen) atoms. The van der Waals surface area contributed by atoms with E-state index >= 15 is 0 Å². The fraction of sp³-hybridized carbons (Fsp3) is 0.208. The second-order valence-electron chi connectivity index (χ2n) is 7.75. The zero-order valence-electron chi connectivity index (χ0n) is 18.8. The minimum atomic E-state index is -0.326. The molecule has 10 heteroatoms. The van der Waals surface area contributed by atoms with Gasteiger partial charge < -0.3 is 5.32 Å². The third-order valence-corrected chi connectivity index (χ3v) is 6.31. The molecule has 0 fully saturated rings. The van der Waals surface area contributed by atoms with Gasteiger partial charge in [0.25, 0.3) is 5.91 Å². The smallest absolute Gasteiger partial charge is 0.274 e. The summed E-state index contributed by atoms with van der Waals surface area (Å²) < 4.78 is 1.58. The Morgan fingerprint density at radius 1 is 1.03 bits per heavy atom. The summed E-state index contributed by atoms with van der Waals surface area (Å²) in [6.45, 7) is 5.76. The fourth-order valence-electron chi connectivity index (χ4n) is 3.46. The van der Waals surface area contributed by atoms with Crippen molar-refractivity contribution in [2.24, 2.45) is 0 Å². The van der Waals surface area contributed by atoms with E-state index in [-0.39, 0.29) is 17.6 Å². The second-order valence-corrected chi connectivity index (χ2v) is 9.57. The Kier molecular flexibility index (Phi) is 7.50. The molecule has 1 atom stereocenters. The largest absolute Gasteiger partial charge is 0.344 e. The van der Waals surface area contributed by atoms with Crippen molar-refractivity contribution >= 4 is 40.9 Å². The van der Waals surface area contributed by atoms with Gasteiger partial charge in [0.05, 0.1) is 17.4 Å². The number of nitrogens with one attached hydrogen (secondary N) is 1. The third-order valence-electron chi connectivity index (χ3n) is 5.02. The summed E-state index contributed by atoms with van der Waals surface area (Å²) in [6, 6.07) is 16.5. The van der Waals surface area contributed by atoms with Crippen molar-refractivity contribution in [3.63, 3.8) is 0 Å². The maximum absolute atomic E-state index is 13.2. The molecule has 2 heterocycles. The summed E-state index contributed by atoms with van der Waals surface area (Å²) >= 11 is 13.8. The minimum absolute atomic E-state index is 0.206. The molecule has 2 aromatic heterocycles. The molecule has 1 amide bonds. The van der Waals surface area contributed by atoms with Gasteiger partial charge in [0.15, 0.2) is 10.9 Å². The lowest BCUT2D eigenvalue weighted by molar-refractivity contribution is 0.0934. The average Bonchev–Trinajstić information content (AvgIpc) is 3.21. The minimum Gasteiger partial charge on any atom is -0.344 e. The van der Waals surface area contributed by atoms with Gasteiger partial charge in [0, 0.05) is 27.2 Å². The van der Waals surface area contributed by atoms with Gasteiger partial charge in [0.1, 0.15) is 0 Å². The number of nitrogens with zero attached hydrogens (tertiary/aromatic N) is 5. The van der Waals surface area contributed by atoms with Gasteiger partial charge in [-0.1, -0.05) is 70.5 Å². The molecule has 0 bridgehead atoms. The van der Waals surface area contributed by atoms with Crippen LogP contribution in [0.4, 0.5) is 0 Å². The Labute approximate surface area is 211 Å². The van der Waals surface area contributed by atoms with Crippen molar-refractivity contribution in [2.45, 2.75) is 37.7 Å². The van der Waals surface area contributed by atoms with Gasteiger partial charge in [0.2, 0.25) is 0 Å². The van der Waals surface area contributed by atoms with E-state index in [0.717, 1.165) is 17.0 Å². The van der Waals surface area contributed by atoms with E-state index in [1.54, 1.807) is 22.9 Å². The van der Waals surface area contributed by atoms with Crippen LogP contribution in [0.2, 0.25) is 10.0 Å². The second kappa shape index (κ2) is 10.5. The molecule has 0 spiro atoms. The highest BCUT2D eigenvalue weighted by Crippen LogP contribution is 2.27. The Hall–Kier alpha value is -2.94. The molecule has 4 aromatic rings. The molecule has 0 aliphatic carbocycles. The van der Waals surface area contributed by atoms with Crippen LogP contribution in [-0.4, -0.2) is 30.9 Å². The number of hydrogen-bond acceptors (Lipinski definition) is 6. The number of carbonyl (C=O) groups is 1. The summed E-state index contributed by atoms with van der Waals surface area (Å²) in [4.78, 5) is 22.2. The van der Waals surface area contributed by atoms with Gasteiger partial charge in [-0.2, -0.15) is 0 Å². The maximum Gasteiger partial charge on any atom is 0.274 e. The van der Waals surface area contributed by atoms with Gasteiger partial charge in [-0.15, -0.1) is 5.10 Å². The first-order chi connectivity index (χ1) is 16.3. The quantitative estimate of drug-likeness (QED) is 0.250. The van der Waals surface area contributed by atoms with Crippen LogP contribution >= 0.6 is 35.0 Å². The van der Waals surface area contributed by atoms with E-state index in [2.05, 4.69) is 25.6 Å². The van der Waals surface area contributed by atoms with Crippen LogP contribution < -0.4 is 5.32 Å². The zero-order valence-corrected chi connectivity index (χ0v) is 21.1. The third kappa shape index (κ3) is 5.75. The average molecular weight is 513 g/mol. The Bertz CT molecular complexity index is 1290. The van der Waals surface area contributed by atoms with Crippen LogP contribution in [0.1, 0.15) is 46.1 Å². The summed E-state index contributed by atoms with van der Waals surface area (Å²) in [6.07, 6.45) is 0. The molecule has 0 aliphatic heterocycles. The van der Waals surface area contributed by atoms with Gasteiger partial charge in [-0.25, -0.2) is 14.6 Å². The van der Waals surface area contributed by atoms with E-state index in [9.17, 15) is 4.79 Å². The van der Waals surface area contributed by atoms with E-state index in [1.807, 2.05) is 57.2 Å². The number of hydrogen-bond donors (Lipinski definition) is 1. The van der Waals surface area contributed by atoms with Crippen LogP contribution in [-0.2, 0) is 5.75 Å². The summed E-state index contributed by atoms with van der Waals surface area (Å²) in [5.41, 5.74) is 4.15. The van der Waals surface area contributed by atoms with E-state index in [0.29, 0.717) is 32.3 Å². The fourth-order valence-corrected chi connectivity index (χ4v) is 4.91. The van der Waals surface area contributed by atoms with E-state index < -0.39 is 0 Å². The summed E-state index contributed by atoms with van der Waals surface area (Å²) in [5.74, 6) is 0.0374. The van der Waals surface area contributed by atoms with Crippen molar-refractivity contribution in [1.29, 1.82) is 0 Å². The van der Waals surface area contributed by atoms with Gasteiger partial charge >= 0.3 is 0 Å². The lowest BCUT2D eigenvalue weighted by Gasteiger charge is -2.14. The normalized spacial score (nSPS) is 11.9. The van der Waals surface area contributed by atoms with Crippen LogP contribution in [0.25, 0.3) is 5.69 Å². The highest BCUT2D eigenvalue weighted by molar-refractivity contribution is 7.98. The first-order valence-electron chi connectivity index (χ1n) is 10.5. The number of benzene rings is 2. The summed E-state index contributed by atoms with van der Waals surface area (Å²) in [5, 5.41) is 13.0. The number of amides is 1. The molecule has 0 saturated carbocycles. The molecule has 0 aliphatic rings. The Balaban J connectivity index is 1.68. The standard InChI is InChI=1S/C24H22Cl2N6OS/c1-14-9-15(2)28-24(27-14)34-13-21-22(23(33)29-16(3)17-7-5-4-6-8-17)30-31-32(21)20-11-18(25)10-19(26)12-20/h4-12,16H,13H2,1-3H3,(H,29,33). The van der Waals surface area contributed by atoms with Crippen molar-refractivity contribution in [3.8, 4) is 5.69 Å². The van der Waals surface area contributed by atoms with Crippen molar-refractivity contribution in [2.75, 3.05) is 0 Å². The van der Waals surface area contributed by atoms with Gasteiger partial charge in [-0.05, 0) is 50.6 Å². The van der Waals surface area contributed by atoms with Crippen molar-refractivity contribution in [3.05, 3.63) is 93.0 Å². The Morgan fingerprint density at radius 3 is 2.32 bits per heavy atom. The Morgan fingerprint density at radius 2 is 1.68 bits per heavy atom. The molecule has 2 aromatic carbocycles. The number of aromatic nitrogens is 5. The predicted molar refractivity (Wildman–Crippen MR) is 135 cm³/mol. The van der Waals surface area contributed by atoms with Crippen LogP contribution in [0.5, 0.6) is 0 Å². The molecule has 0 radical (unpaired) electrons. The maximum atomic E-state index is 13.2. The molecule has 4 rings (SSSR count). The predicted octanol–water partition coefficient (Wildman–Crippen LogP) is 5.76.